The van der Waals surface area contributed by atoms with E-state index in [9.17, 15) is 4.39 Å². The summed E-state index contributed by atoms with van der Waals surface area (Å²) in [6.45, 7) is 2.01. The molecule has 0 aromatic heterocycles. The second-order valence-electron chi connectivity index (χ2n) is 4.43. The minimum atomic E-state index is -0.692. The van der Waals surface area contributed by atoms with Gasteiger partial charge in [-0.3, -0.25) is 4.90 Å². The van der Waals surface area contributed by atoms with E-state index < -0.39 is 6.17 Å². The maximum absolute atomic E-state index is 13.3. The van der Waals surface area contributed by atoms with Crippen molar-refractivity contribution in [3.05, 3.63) is 0 Å². The number of ether oxygens (including phenoxy) is 2. The summed E-state index contributed by atoms with van der Waals surface area (Å²) in [7, 11) is 3.40. The molecule has 0 bridgehead atoms. The molecular formula is C10H18FNO2. The van der Waals surface area contributed by atoms with Crippen molar-refractivity contribution in [1.82, 2.24) is 4.90 Å². The zero-order valence-corrected chi connectivity index (χ0v) is 8.83. The monoisotopic (exact) mass is 203 g/mol. The number of methoxy groups -OCH3 is 2. The largest absolute Gasteiger partial charge is 0.383 e. The number of rotatable bonds is 3. The van der Waals surface area contributed by atoms with E-state index in [4.69, 9.17) is 9.47 Å². The summed E-state index contributed by atoms with van der Waals surface area (Å²) >= 11 is 0. The molecule has 0 N–H and O–H groups in total. The van der Waals surface area contributed by atoms with Gasteiger partial charge in [-0.1, -0.05) is 0 Å². The van der Waals surface area contributed by atoms with Crippen LogP contribution < -0.4 is 0 Å². The third-order valence-electron chi connectivity index (χ3n) is 3.47. The lowest BCUT2D eigenvalue weighted by atomic mass is 9.94. The van der Waals surface area contributed by atoms with Gasteiger partial charge < -0.3 is 9.47 Å². The van der Waals surface area contributed by atoms with Crippen LogP contribution in [0.3, 0.4) is 0 Å². The van der Waals surface area contributed by atoms with Crippen LogP contribution in [0, 0.1) is 0 Å². The number of halogens is 1. The van der Waals surface area contributed by atoms with Gasteiger partial charge in [0.05, 0.1) is 12.7 Å². The Morgan fingerprint density at radius 1 is 1.36 bits per heavy atom. The normalized spacial score (nSPS) is 43.1. The summed E-state index contributed by atoms with van der Waals surface area (Å²) in [6, 6.07) is 0. The molecule has 4 heteroatoms. The highest BCUT2D eigenvalue weighted by Crippen LogP contribution is 2.40. The van der Waals surface area contributed by atoms with E-state index in [1.807, 2.05) is 0 Å². The van der Waals surface area contributed by atoms with Crippen LogP contribution >= 0.6 is 0 Å². The molecule has 0 aromatic rings. The first kappa shape index (κ1) is 10.3. The van der Waals surface area contributed by atoms with Crippen LogP contribution in [0.25, 0.3) is 0 Å². The number of alkyl halides is 1. The molecule has 0 aromatic carbocycles. The molecule has 3 atom stereocenters. The fraction of sp³-hybridized carbons (Fsp3) is 1.00. The summed E-state index contributed by atoms with van der Waals surface area (Å²) in [6.07, 6.45) is 1.05. The number of hydrogen-bond acceptors (Lipinski definition) is 3. The Hall–Kier alpha value is -0.190. The third kappa shape index (κ3) is 1.55. The molecular weight excluding hydrogens is 185 g/mol. The predicted molar refractivity (Wildman–Crippen MR) is 51.1 cm³/mol. The van der Waals surface area contributed by atoms with Crippen LogP contribution in [-0.2, 0) is 9.47 Å². The Kier molecular flexibility index (Phi) is 2.77. The highest BCUT2D eigenvalue weighted by atomic mass is 19.1. The Morgan fingerprint density at radius 2 is 2.14 bits per heavy atom. The molecule has 0 amide bonds. The van der Waals surface area contributed by atoms with Gasteiger partial charge in [0.1, 0.15) is 6.17 Å². The molecule has 2 fully saturated rings. The highest BCUT2D eigenvalue weighted by Gasteiger charge is 2.52. The fourth-order valence-electron chi connectivity index (χ4n) is 2.89. The number of fused-ring (bicyclic) bond motifs is 1. The van der Waals surface area contributed by atoms with E-state index in [-0.39, 0.29) is 11.6 Å². The average molecular weight is 203 g/mol. The Labute approximate surface area is 84.2 Å². The highest BCUT2D eigenvalue weighted by molar-refractivity contribution is 5.06. The zero-order chi connectivity index (χ0) is 10.2. The molecule has 82 valence electrons. The molecule has 0 spiro atoms. The molecule has 2 saturated heterocycles. The summed E-state index contributed by atoms with van der Waals surface area (Å²) in [5.74, 6) is 0. The summed E-state index contributed by atoms with van der Waals surface area (Å²) in [5, 5.41) is 0. The topological polar surface area (TPSA) is 21.7 Å². The van der Waals surface area contributed by atoms with E-state index in [0.29, 0.717) is 19.6 Å². The third-order valence-corrected chi connectivity index (χ3v) is 3.47. The predicted octanol–water partition coefficient (Wildman–Crippen LogP) is 0.834. The molecule has 2 aliphatic rings. The van der Waals surface area contributed by atoms with Crippen molar-refractivity contribution in [2.75, 3.05) is 33.9 Å². The lowest BCUT2D eigenvalue weighted by Crippen LogP contribution is -2.42. The van der Waals surface area contributed by atoms with Gasteiger partial charge >= 0.3 is 0 Å². The number of hydrogen-bond donors (Lipinski definition) is 0. The average Bonchev–Trinajstić information content (AvgIpc) is 2.57. The van der Waals surface area contributed by atoms with Crippen molar-refractivity contribution < 1.29 is 13.9 Å². The standard InChI is InChI=1S/C10H18FNO2/c1-13-7-10-3-8(11)5-12(10)6-9(4-10)14-2/h8-9H,3-7H2,1-2H3. The van der Waals surface area contributed by atoms with Gasteiger partial charge in [0.15, 0.2) is 0 Å². The molecule has 0 aliphatic carbocycles. The van der Waals surface area contributed by atoms with E-state index in [1.54, 1.807) is 14.2 Å². The zero-order valence-electron chi connectivity index (χ0n) is 8.83. The molecule has 2 heterocycles. The number of nitrogens with zero attached hydrogens (tertiary/aromatic N) is 1. The van der Waals surface area contributed by atoms with Gasteiger partial charge in [-0.15, -0.1) is 0 Å². The molecule has 3 nitrogen and oxygen atoms in total. The van der Waals surface area contributed by atoms with Gasteiger partial charge in [0.2, 0.25) is 0 Å². The van der Waals surface area contributed by atoms with Gasteiger partial charge in [-0.25, -0.2) is 4.39 Å². The smallest absolute Gasteiger partial charge is 0.115 e. The molecule has 0 radical (unpaired) electrons. The van der Waals surface area contributed by atoms with Crippen LogP contribution in [0.15, 0.2) is 0 Å². The first-order chi connectivity index (χ1) is 6.70. The molecule has 0 saturated carbocycles. The maximum Gasteiger partial charge on any atom is 0.115 e. The molecule has 2 rings (SSSR count). The van der Waals surface area contributed by atoms with Crippen molar-refractivity contribution in [3.63, 3.8) is 0 Å². The van der Waals surface area contributed by atoms with E-state index in [2.05, 4.69) is 4.90 Å². The first-order valence-electron chi connectivity index (χ1n) is 5.11. The van der Waals surface area contributed by atoms with Crippen molar-refractivity contribution in [2.24, 2.45) is 0 Å². The van der Waals surface area contributed by atoms with Crippen molar-refractivity contribution >= 4 is 0 Å². The molecule has 3 unspecified atom stereocenters. The van der Waals surface area contributed by atoms with Crippen LogP contribution in [0.4, 0.5) is 4.39 Å². The second-order valence-corrected chi connectivity index (χ2v) is 4.43. The Bertz CT molecular complexity index is 214. The fourth-order valence-corrected chi connectivity index (χ4v) is 2.89. The van der Waals surface area contributed by atoms with Crippen molar-refractivity contribution in [2.45, 2.75) is 30.7 Å². The lowest BCUT2D eigenvalue weighted by Gasteiger charge is -2.30. The molecule has 14 heavy (non-hydrogen) atoms. The first-order valence-corrected chi connectivity index (χ1v) is 5.11. The molecule has 2 aliphatic heterocycles. The van der Waals surface area contributed by atoms with Crippen molar-refractivity contribution in [3.8, 4) is 0 Å². The second kappa shape index (κ2) is 3.76. The minimum absolute atomic E-state index is 0.0884. The van der Waals surface area contributed by atoms with E-state index in [0.717, 1.165) is 13.0 Å². The SMILES string of the molecule is COCC12CC(F)CN1CC(OC)C2. The van der Waals surface area contributed by atoms with Crippen LogP contribution in [0.1, 0.15) is 12.8 Å². The minimum Gasteiger partial charge on any atom is -0.383 e. The maximum atomic E-state index is 13.3. The van der Waals surface area contributed by atoms with Crippen molar-refractivity contribution in [1.29, 1.82) is 0 Å². The van der Waals surface area contributed by atoms with E-state index in [1.165, 1.54) is 0 Å². The summed E-state index contributed by atoms with van der Waals surface area (Å²) in [4.78, 5) is 2.19. The van der Waals surface area contributed by atoms with E-state index >= 15 is 0 Å². The Balaban J connectivity index is 2.09. The van der Waals surface area contributed by atoms with Gasteiger partial charge in [0, 0.05) is 39.3 Å². The summed E-state index contributed by atoms with van der Waals surface area (Å²) < 4.78 is 23.8. The lowest BCUT2D eigenvalue weighted by molar-refractivity contribution is 0.0623. The Morgan fingerprint density at radius 3 is 2.79 bits per heavy atom. The quantitative estimate of drug-likeness (QED) is 0.678. The summed E-state index contributed by atoms with van der Waals surface area (Å²) in [5.41, 5.74) is -0.0884. The van der Waals surface area contributed by atoms with Crippen LogP contribution in [0.2, 0.25) is 0 Å². The van der Waals surface area contributed by atoms with Gasteiger partial charge in [0.25, 0.3) is 0 Å². The van der Waals surface area contributed by atoms with Crippen LogP contribution in [0.5, 0.6) is 0 Å². The van der Waals surface area contributed by atoms with Gasteiger partial charge in [-0.2, -0.15) is 0 Å². The van der Waals surface area contributed by atoms with Crippen LogP contribution in [-0.4, -0.2) is 56.6 Å². The van der Waals surface area contributed by atoms with Gasteiger partial charge in [-0.05, 0) is 6.42 Å².